The third-order valence-electron chi connectivity index (χ3n) is 3.89. The molecule has 0 unspecified atom stereocenters. The van der Waals surface area contributed by atoms with Gasteiger partial charge in [0.15, 0.2) is 0 Å². The van der Waals surface area contributed by atoms with Gasteiger partial charge >= 0.3 is 0 Å². The normalized spacial score (nSPS) is 14.7. The molecule has 2 aromatic rings. The van der Waals surface area contributed by atoms with Crippen molar-refractivity contribution in [2.24, 2.45) is 0 Å². The third-order valence-corrected chi connectivity index (χ3v) is 4.83. The zero-order valence-electron chi connectivity index (χ0n) is 12.5. The number of aromatic nitrogens is 1. The number of nitrogens with zero attached hydrogens (tertiary/aromatic N) is 3. The van der Waals surface area contributed by atoms with Gasteiger partial charge in [-0.15, -0.1) is 0 Å². The largest absolute Gasteiger partial charge is 0.335 e. The lowest BCUT2D eigenvalue weighted by atomic mass is 10.1. The lowest BCUT2D eigenvalue weighted by molar-refractivity contribution is 0.0535. The van der Waals surface area contributed by atoms with Crippen LogP contribution in [0.3, 0.4) is 0 Å². The van der Waals surface area contributed by atoms with E-state index < -0.39 is 0 Å². The third kappa shape index (κ3) is 3.52. The number of hydrogen-bond donors (Lipinski definition) is 0. The number of pyridine rings is 1. The molecule has 0 saturated carbocycles. The van der Waals surface area contributed by atoms with Crippen LogP contribution < -0.4 is 0 Å². The molecule has 0 radical (unpaired) electrons. The second-order valence-corrected chi connectivity index (χ2v) is 6.46. The van der Waals surface area contributed by atoms with E-state index in [-0.39, 0.29) is 11.8 Å². The Labute approximate surface area is 148 Å². The molecule has 1 fully saturated rings. The van der Waals surface area contributed by atoms with Crippen LogP contribution in [0.25, 0.3) is 0 Å². The molecule has 23 heavy (non-hydrogen) atoms. The minimum absolute atomic E-state index is 0.00575. The van der Waals surface area contributed by atoms with Gasteiger partial charge in [-0.1, -0.05) is 12.1 Å². The second kappa shape index (κ2) is 7.08. The van der Waals surface area contributed by atoms with E-state index in [1.807, 2.05) is 29.2 Å². The van der Waals surface area contributed by atoms with Gasteiger partial charge in [0.1, 0.15) is 0 Å². The van der Waals surface area contributed by atoms with E-state index in [2.05, 4.69) is 27.6 Å². The Bertz CT molecular complexity index is 713. The molecule has 2 heterocycles. The maximum atomic E-state index is 12.6. The lowest BCUT2D eigenvalue weighted by Crippen LogP contribution is -2.50. The number of hydrogen-bond acceptors (Lipinski definition) is 3. The van der Waals surface area contributed by atoms with Crippen LogP contribution in [-0.4, -0.2) is 52.8 Å². The number of halogens is 1. The van der Waals surface area contributed by atoms with E-state index in [1.165, 1.54) is 0 Å². The van der Waals surface area contributed by atoms with Gasteiger partial charge in [0.05, 0.1) is 5.56 Å². The monoisotopic (exact) mass is 421 g/mol. The Balaban J connectivity index is 1.64. The van der Waals surface area contributed by atoms with Crippen molar-refractivity contribution in [3.63, 3.8) is 0 Å². The van der Waals surface area contributed by atoms with E-state index >= 15 is 0 Å². The number of carbonyl (C=O) groups is 2. The molecule has 3 rings (SSSR count). The molecule has 0 bridgehead atoms. The van der Waals surface area contributed by atoms with Crippen molar-refractivity contribution in [1.29, 1.82) is 0 Å². The van der Waals surface area contributed by atoms with E-state index in [0.29, 0.717) is 31.7 Å². The topological polar surface area (TPSA) is 53.5 Å². The maximum absolute atomic E-state index is 12.6. The van der Waals surface area contributed by atoms with E-state index in [9.17, 15) is 9.59 Å². The van der Waals surface area contributed by atoms with Crippen LogP contribution in [0.2, 0.25) is 0 Å². The second-order valence-electron chi connectivity index (χ2n) is 5.30. The standard InChI is InChI=1S/C17H16IN3O2/c18-15-4-2-1-3-14(15)17(23)21-11-9-20(10-12-21)16(22)13-5-7-19-8-6-13/h1-8H,9-12H2. The fourth-order valence-electron chi connectivity index (χ4n) is 2.59. The van der Waals surface area contributed by atoms with Crippen LogP contribution >= 0.6 is 22.6 Å². The molecule has 118 valence electrons. The van der Waals surface area contributed by atoms with Crippen LogP contribution in [0.5, 0.6) is 0 Å². The molecule has 1 saturated heterocycles. The van der Waals surface area contributed by atoms with Gasteiger partial charge in [-0.25, -0.2) is 0 Å². The smallest absolute Gasteiger partial charge is 0.255 e. The van der Waals surface area contributed by atoms with Gasteiger partial charge < -0.3 is 9.80 Å². The lowest BCUT2D eigenvalue weighted by Gasteiger charge is -2.35. The quantitative estimate of drug-likeness (QED) is 0.700. The Morgan fingerprint density at radius 3 is 2.04 bits per heavy atom. The summed E-state index contributed by atoms with van der Waals surface area (Å²) in [6.45, 7) is 2.22. The van der Waals surface area contributed by atoms with Crippen molar-refractivity contribution >= 4 is 34.4 Å². The summed E-state index contributed by atoms with van der Waals surface area (Å²) in [5, 5.41) is 0. The first-order chi connectivity index (χ1) is 11.2. The summed E-state index contributed by atoms with van der Waals surface area (Å²) in [7, 11) is 0. The number of piperazine rings is 1. The SMILES string of the molecule is O=C(c1ccncc1)N1CCN(C(=O)c2ccccc2I)CC1. The van der Waals surface area contributed by atoms with Crippen LogP contribution in [-0.2, 0) is 0 Å². The van der Waals surface area contributed by atoms with Gasteiger partial charge in [0.25, 0.3) is 11.8 Å². The first-order valence-corrected chi connectivity index (χ1v) is 8.48. The minimum atomic E-state index is -0.00575. The maximum Gasteiger partial charge on any atom is 0.255 e. The zero-order chi connectivity index (χ0) is 16.2. The fraction of sp³-hybridized carbons (Fsp3) is 0.235. The molecular formula is C17H16IN3O2. The summed E-state index contributed by atoms with van der Waals surface area (Å²) in [6.07, 6.45) is 3.23. The van der Waals surface area contributed by atoms with Crippen molar-refractivity contribution in [1.82, 2.24) is 14.8 Å². The van der Waals surface area contributed by atoms with Crippen molar-refractivity contribution in [2.45, 2.75) is 0 Å². The highest BCUT2D eigenvalue weighted by atomic mass is 127. The van der Waals surface area contributed by atoms with Crippen molar-refractivity contribution in [3.05, 3.63) is 63.5 Å². The molecular weight excluding hydrogens is 405 g/mol. The predicted molar refractivity (Wildman–Crippen MR) is 95.2 cm³/mol. The van der Waals surface area contributed by atoms with E-state index in [0.717, 1.165) is 9.13 Å². The Hall–Kier alpha value is -1.96. The van der Waals surface area contributed by atoms with E-state index in [1.54, 1.807) is 29.4 Å². The highest BCUT2D eigenvalue weighted by Gasteiger charge is 2.26. The van der Waals surface area contributed by atoms with Crippen molar-refractivity contribution in [2.75, 3.05) is 26.2 Å². The Morgan fingerprint density at radius 2 is 1.43 bits per heavy atom. The molecule has 0 spiro atoms. The summed E-state index contributed by atoms with van der Waals surface area (Å²) in [5.74, 6) is 0.0276. The van der Waals surface area contributed by atoms with Gasteiger partial charge in [-0.2, -0.15) is 0 Å². The van der Waals surface area contributed by atoms with Gasteiger partial charge in [-0.3, -0.25) is 14.6 Å². The number of benzene rings is 1. The van der Waals surface area contributed by atoms with E-state index in [4.69, 9.17) is 0 Å². The molecule has 1 aromatic carbocycles. The Morgan fingerprint density at radius 1 is 0.870 bits per heavy atom. The van der Waals surface area contributed by atoms with Gasteiger partial charge in [0.2, 0.25) is 0 Å². The molecule has 6 heteroatoms. The summed E-state index contributed by atoms with van der Waals surface area (Å²) in [5.41, 5.74) is 1.36. The van der Waals surface area contributed by atoms with Crippen LogP contribution in [0, 0.1) is 3.57 Å². The van der Waals surface area contributed by atoms with Crippen LogP contribution in [0.4, 0.5) is 0 Å². The summed E-state index contributed by atoms with van der Waals surface area (Å²) >= 11 is 2.18. The summed E-state index contributed by atoms with van der Waals surface area (Å²) in [6, 6.07) is 11.0. The highest BCUT2D eigenvalue weighted by Crippen LogP contribution is 2.16. The number of carbonyl (C=O) groups excluding carboxylic acids is 2. The Kier molecular flexibility index (Phi) is 4.90. The molecule has 0 N–H and O–H groups in total. The molecule has 5 nitrogen and oxygen atoms in total. The first-order valence-electron chi connectivity index (χ1n) is 7.40. The fourth-order valence-corrected chi connectivity index (χ4v) is 3.21. The van der Waals surface area contributed by atoms with Crippen LogP contribution in [0.15, 0.2) is 48.8 Å². The molecule has 0 aliphatic carbocycles. The average molecular weight is 421 g/mol. The zero-order valence-corrected chi connectivity index (χ0v) is 14.6. The number of rotatable bonds is 2. The number of amides is 2. The summed E-state index contributed by atoms with van der Waals surface area (Å²) < 4.78 is 0.949. The molecule has 1 aliphatic heterocycles. The highest BCUT2D eigenvalue weighted by molar-refractivity contribution is 14.1. The predicted octanol–water partition coefficient (Wildman–Crippen LogP) is 2.28. The first kappa shape index (κ1) is 15.9. The van der Waals surface area contributed by atoms with Gasteiger partial charge in [0, 0.05) is 47.7 Å². The molecule has 2 amide bonds. The molecule has 0 atom stereocenters. The van der Waals surface area contributed by atoms with Crippen molar-refractivity contribution in [3.8, 4) is 0 Å². The molecule has 1 aromatic heterocycles. The van der Waals surface area contributed by atoms with Gasteiger partial charge in [-0.05, 0) is 46.9 Å². The average Bonchev–Trinajstić information content (AvgIpc) is 2.62. The summed E-state index contributed by atoms with van der Waals surface area (Å²) in [4.78, 5) is 32.5. The minimum Gasteiger partial charge on any atom is -0.335 e. The van der Waals surface area contributed by atoms with Crippen molar-refractivity contribution < 1.29 is 9.59 Å². The molecule has 1 aliphatic rings. The van der Waals surface area contributed by atoms with Crippen LogP contribution in [0.1, 0.15) is 20.7 Å².